The molecule has 0 bridgehead atoms. The third-order valence-electron chi connectivity index (χ3n) is 3.84. The van der Waals surface area contributed by atoms with E-state index in [0.29, 0.717) is 22.8 Å². The first-order valence-corrected chi connectivity index (χ1v) is 8.11. The van der Waals surface area contributed by atoms with E-state index < -0.39 is 0 Å². The molecule has 0 aliphatic carbocycles. The number of aromatic nitrogens is 2. The van der Waals surface area contributed by atoms with Crippen LogP contribution in [0.4, 0.5) is 17.3 Å². The van der Waals surface area contributed by atoms with Gasteiger partial charge in [0.2, 0.25) is 0 Å². The van der Waals surface area contributed by atoms with Crippen molar-refractivity contribution < 1.29 is 9.59 Å². The topological polar surface area (TPSA) is 84.0 Å². The van der Waals surface area contributed by atoms with Gasteiger partial charge in [0.15, 0.2) is 17.4 Å². The summed E-state index contributed by atoms with van der Waals surface area (Å²) in [6, 6.07) is 17.8. The minimum Gasteiger partial charge on any atom is -0.339 e. The summed E-state index contributed by atoms with van der Waals surface area (Å²) in [4.78, 5) is 23.7. The molecule has 0 saturated heterocycles. The quantitative estimate of drug-likeness (QED) is 0.683. The van der Waals surface area contributed by atoms with Crippen LogP contribution in [-0.2, 0) is 0 Å². The third-order valence-corrected chi connectivity index (χ3v) is 3.84. The average molecular weight is 346 g/mol. The van der Waals surface area contributed by atoms with E-state index in [1.165, 1.54) is 6.92 Å². The Hall–Kier alpha value is -3.54. The van der Waals surface area contributed by atoms with Crippen molar-refractivity contribution >= 4 is 29.0 Å². The zero-order chi connectivity index (χ0) is 18.5. The molecule has 0 aliphatic rings. The van der Waals surface area contributed by atoms with Crippen LogP contribution in [0, 0.1) is 6.92 Å². The van der Waals surface area contributed by atoms with Gasteiger partial charge in [-0.05, 0) is 49.7 Å². The lowest BCUT2D eigenvalue weighted by molar-refractivity contribution is 0.101. The van der Waals surface area contributed by atoms with Crippen molar-refractivity contribution in [3.63, 3.8) is 0 Å². The van der Waals surface area contributed by atoms with Crippen molar-refractivity contribution in [2.45, 2.75) is 13.8 Å². The molecule has 130 valence electrons. The van der Waals surface area contributed by atoms with Gasteiger partial charge in [-0.1, -0.05) is 30.3 Å². The van der Waals surface area contributed by atoms with Gasteiger partial charge in [-0.15, -0.1) is 10.2 Å². The molecule has 3 aromatic rings. The Kier molecular flexibility index (Phi) is 5.03. The first-order chi connectivity index (χ1) is 12.5. The summed E-state index contributed by atoms with van der Waals surface area (Å²) in [6.45, 7) is 3.40. The number of nitrogens with one attached hydrogen (secondary N) is 2. The Balaban J connectivity index is 1.69. The number of aryl methyl sites for hydroxylation is 1. The van der Waals surface area contributed by atoms with Crippen LogP contribution < -0.4 is 10.6 Å². The molecule has 0 atom stereocenters. The fourth-order valence-corrected chi connectivity index (χ4v) is 2.44. The number of nitrogens with zero attached hydrogens (tertiary/aromatic N) is 2. The smallest absolute Gasteiger partial charge is 0.257 e. The van der Waals surface area contributed by atoms with E-state index in [4.69, 9.17) is 0 Å². The molecular weight excluding hydrogens is 328 g/mol. The van der Waals surface area contributed by atoms with Crippen molar-refractivity contribution in [1.82, 2.24) is 10.2 Å². The van der Waals surface area contributed by atoms with E-state index in [-0.39, 0.29) is 11.7 Å². The molecule has 6 heteroatoms. The molecule has 3 rings (SSSR count). The molecule has 0 spiro atoms. The van der Waals surface area contributed by atoms with Crippen molar-refractivity contribution in [2.24, 2.45) is 0 Å². The molecule has 0 radical (unpaired) electrons. The summed E-state index contributed by atoms with van der Waals surface area (Å²) in [5.74, 6) is 0.641. The molecule has 1 aromatic heterocycles. The number of carbonyl (C=O) groups is 2. The molecule has 0 saturated carbocycles. The number of carbonyl (C=O) groups excluding carboxylic acids is 2. The SMILES string of the molecule is CC(=O)c1cccc(Nc2ccc(NC(=O)c3ccccc3C)nn2)c1. The van der Waals surface area contributed by atoms with Gasteiger partial charge >= 0.3 is 0 Å². The second-order valence-electron chi connectivity index (χ2n) is 5.83. The number of hydrogen-bond acceptors (Lipinski definition) is 5. The van der Waals surface area contributed by atoms with Crippen LogP contribution in [0.1, 0.15) is 33.2 Å². The van der Waals surface area contributed by atoms with E-state index in [1.807, 2.05) is 31.2 Å². The number of anilines is 3. The van der Waals surface area contributed by atoms with Gasteiger partial charge in [-0.25, -0.2) is 0 Å². The summed E-state index contributed by atoms with van der Waals surface area (Å²) in [5.41, 5.74) is 2.84. The maximum atomic E-state index is 12.3. The summed E-state index contributed by atoms with van der Waals surface area (Å²) in [6.07, 6.45) is 0. The lowest BCUT2D eigenvalue weighted by Crippen LogP contribution is -2.14. The van der Waals surface area contributed by atoms with Crippen LogP contribution in [0.2, 0.25) is 0 Å². The zero-order valence-corrected chi connectivity index (χ0v) is 14.5. The molecule has 6 nitrogen and oxygen atoms in total. The minimum atomic E-state index is -0.229. The summed E-state index contributed by atoms with van der Waals surface area (Å²) in [7, 11) is 0. The normalized spacial score (nSPS) is 10.2. The van der Waals surface area contributed by atoms with Gasteiger partial charge in [0.1, 0.15) is 0 Å². The zero-order valence-electron chi connectivity index (χ0n) is 14.5. The largest absolute Gasteiger partial charge is 0.339 e. The monoisotopic (exact) mass is 346 g/mol. The number of ketones is 1. The van der Waals surface area contributed by atoms with Crippen LogP contribution in [0.5, 0.6) is 0 Å². The lowest BCUT2D eigenvalue weighted by atomic mass is 10.1. The van der Waals surface area contributed by atoms with Crippen LogP contribution in [0.15, 0.2) is 60.7 Å². The van der Waals surface area contributed by atoms with Gasteiger partial charge in [0.05, 0.1) is 0 Å². The number of hydrogen-bond donors (Lipinski definition) is 2. The molecule has 0 aliphatic heterocycles. The maximum absolute atomic E-state index is 12.3. The van der Waals surface area contributed by atoms with E-state index in [2.05, 4.69) is 20.8 Å². The highest BCUT2D eigenvalue weighted by molar-refractivity contribution is 6.04. The standard InChI is InChI=1S/C20H18N4O2/c1-13-6-3-4-9-17(13)20(26)22-19-11-10-18(23-24-19)21-16-8-5-7-15(12-16)14(2)25/h3-12H,1-2H3,(H,21,23)(H,22,24,26). The van der Waals surface area contributed by atoms with E-state index >= 15 is 0 Å². The van der Waals surface area contributed by atoms with Gasteiger partial charge in [0, 0.05) is 16.8 Å². The Morgan fingerprint density at radius 2 is 1.62 bits per heavy atom. The van der Waals surface area contributed by atoms with Crippen LogP contribution >= 0.6 is 0 Å². The van der Waals surface area contributed by atoms with Crippen molar-refractivity contribution in [3.05, 3.63) is 77.4 Å². The van der Waals surface area contributed by atoms with Gasteiger partial charge in [-0.2, -0.15) is 0 Å². The molecule has 26 heavy (non-hydrogen) atoms. The number of amides is 1. The highest BCUT2D eigenvalue weighted by Crippen LogP contribution is 2.17. The van der Waals surface area contributed by atoms with E-state index in [1.54, 1.807) is 36.4 Å². The predicted molar refractivity (Wildman–Crippen MR) is 101 cm³/mol. The Morgan fingerprint density at radius 3 is 2.31 bits per heavy atom. The van der Waals surface area contributed by atoms with Gasteiger partial charge in [-0.3, -0.25) is 9.59 Å². The van der Waals surface area contributed by atoms with Crippen LogP contribution in [0.3, 0.4) is 0 Å². The van der Waals surface area contributed by atoms with Crippen molar-refractivity contribution in [1.29, 1.82) is 0 Å². The number of Topliss-reactive ketones (excluding diaryl/α,β-unsaturated/α-hetero) is 1. The fraction of sp³-hybridized carbons (Fsp3) is 0.100. The average Bonchev–Trinajstić information content (AvgIpc) is 2.64. The first-order valence-electron chi connectivity index (χ1n) is 8.11. The highest BCUT2D eigenvalue weighted by Gasteiger charge is 2.09. The first kappa shape index (κ1) is 17.3. The summed E-state index contributed by atoms with van der Waals surface area (Å²) in [5, 5.41) is 13.9. The number of benzene rings is 2. The molecule has 0 unspecified atom stereocenters. The molecular formula is C20H18N4O2. The maximum Gasteiger partial charge on any atom is 0.257 e. The van der Waals surface area contributed by atoms with Crippen LogP contribution in [0.25, 0.3) is 0 Å². The molecule has 2 aromatic carbocycles. The number of rotatable bonds is 5. The summed E-state index contributed by atoms with van der Waals surface area (Å²) >= 11 is 0. The molecule has 0 fully saturated rings. The highest BCUT2D eigenvalue weighted by atomic mass is 16.1. The van der Waals surface area contributed by atoms with E-state index in [9.17, 15) is 9.59 Å². The van der Waals surface area contributed by atoms with Crippen molar-refractivity contribution in [3.8, 4) is 0 Å². The molecule has 2 N–H and O–H groups in total. The van der Waals surface area contributed by atoms with E-state index in [0.717, 1.165) is 11.3 Å². The summed E-state index contributed by atoms with van der Waals surface area (Å²) < 4.78 is 0. The molecule has 1 heterocycles. The third kappa shape index (κ3) is 4.10. The van der Waals surface area contributed by atoms with Gasteiger partial charge in [0.25, 0.3) is 5.91 Å². The van der Waals surface area contributed by atoms with Crippen molar-refractivity contribution in [2.75, 3.05) is 10.6 Å². The lowest BCUT2D eigenvalue weighted by Gasteiger charge is -2.08. The second kappa shape index (κ2) is 7.57. The van der Waals surface area contributed by atoms with Gasteiger partial charge < -0.3 is 10.6 Å². The Labute approximate surface area is 151 Å². The predicted octanol–water partition coefficient (Wildman–Crippen LogP) is 3.98. The molecule has 1 amide bonds. The Bertz CT molecular complexity index is 952. The minimum absolute atomic E-state index is 0.00556. The Morgan fingerprint density at radius 1 is 0.885 bits per heavy atom. The fourth-order valence-electron chi connectivity index (χ4n) is 2.44. The second-order valence-corrected chi connectivity index (χ2v) is 5.83. The van der Waals surface area contributed by atoms with Crippen LogP contribution in [-0.4, -0.2) is 21.9 Å².